The molecule has 2 N–H and O–H groups in total. The van der Waals surface area contributed by atoms with E-state index in [4.69, 9.17) is 4.74 Å². The number of pyridine rings is 1. The number of ether oxygens (including phenoxy) is 1. The van der Waals surface area contributed by atoms with E-state index in [9.17, 15) is 32.3 Å². The summed E-state index contributed by atoms with van der Waals surface area (Å²) in [5, 5.41) is 12.9. The number of rotatable bonds is 6. The molecule has 1 heterocycles. The molecule has 0 bridgehead atoms. The zero-order chi connectivity index (χ0) is 32.5. The number of aliphatic hydroxyl groups is 1. The van der Waals surface area contributed by atoms with Crippen molar-refractivity contribution in [3.63, 3.8) is 0 Å². The van der Waals surface area contributed by atoms with Crippen molar-refractivity contribution in [3.8, 4) is 17.2 Å². The Morgan fingerprint density at radius 2 is 1.49 bits per heavy atom. The topological polar surface area (TPSA) is 80.6 Å². The number of halogens is 4. The molecule has 0 aliphatic rings. The molecule has 6 nitrogen and oxygen atoms in total. The molecule has 0 aliphatic heterocycles. The molecule has 1 aromatic heterocycles. The second-order valence-corrected chi connectivity index (χ2v) is 11.6. The molecular weight excluding hydrogens is 564 g/mol. The van der Waals surface area contributed by atoms with E-state index in [1.165, 1.54) is 12.1 Å². The summed E-state index contributed by atoms with van der Waals surface area (Å²) >= 11 is 0. The van der Waals surface area contributed by atoms with E-state index in [0.717, 1.165) is 24.9 Å². The molecule has 43 heavy (non-hydrogen) atoms. The van der Waals surface area contributed by atoms with Crippen molar-refractivity contribution >= 4 is 17.3 Å². The second-order valence-electron chi connectivity index (χ2n) is 11.6. The van der Waals surface area contributed by atoms with Gasteiger partial charge >= 0.3 is 6.18 Å². The van der Waals surface area contributed by atoms with Gasteiger partial charge in [-0.25, -0.2) is 4.39 Å². The van der Waals surface area contributed by atoms with Gasteiger partial charge in [-0.3, -0.25) is 9.59 Å². The molecule has 3 aromatic carbocycles. The van der Waals surface area contributed by atoms with Crippen molar-refractivity contribution in [2.45, 2.75) is 72.7 Å². The Balaban J connectivity index is 0.000000436. The minimum atomic E-state index is -4.39. The average molecular weight is 601 g/mol. The third kappa shape index (κ3) is 7.43. The number of benzene rings is 3. The van der Waals surface area contributed by atoms with Crippen molar-refractivity contribution in [3.05, 3.63) is 98.6 Å². The van der Waals surface area contributed by atoms with Gasteiger partial charge in [-0.05, 0) is 114 Å². The Morgan fingerprint density at radius 1 is 0.884 bits per heavy atom. The second kappa shape index (κ2) is 12.2. The standard InChI is InChI=1S/C28H28FNO3.C5H8F3NO/c1-16-7-9-22-23(11-16)30(15-19(4)26(22)31)24-14-20(28(5,6)32)8-10-25(24)33-27-17(2)12-21(29)13-18(27)3;1-4(2,9-3-10)5(6,7)8/h7-15,32H,1-6H3;3H,1-2H3,(H,9,10). The fourth-order valence-corrected chi connectivity index (χ4v) is 4.34. The predicted molar refractivity (Wildman–Crippen MR) is 160 cm³/mol. The summed E-state index contributed by atoms with van der Waals surface area (Å²) in [6.45, 7) is 12.6. The Bertz CT molecular complexity index is 1690. The third-order valence-corrected chi connectivity index (χ3v) is 7.03. The minimum absolute atomic E-state index is 0.0208. The van der Waals surface area contributed by atoms with Crippen LogP contribution in [0.4, 0.5) is 17.6 Å². The maximum absolute atomic E-state index is 13.9. The number of nitrogens with zero attached hydrogens (tertiary/aromatic N) is 1. The quantitative estimate of drug-likeness (QED) is 0.178. The number of fused-ring (bicyclic) bond motifs is 1. The van der Waals surface area contributed by atoms with Crippen LogP contribution in [0.15, 0.2) is 59.5 Å². The molecule has 0 radical (unpaired) electrons. The van der Waals surface area contributed by atoms with Crippen LogP contribution in [0.1, 0.15) is 55.5 Å². The summed E-state index contributed by atoms with van der Waals surface area (Å²) in [6.07, 6.45) is -2.56. The van der Waals surface area contributed by atoms with Gasteiger partial charge in [0.05, 0.1) is 16.8 Å². The Kier molecular flexibility index (Phi) is 9.46. The number of alkyl halides is 3. The van der Waals surface area contributed by atoms with Crippen LogP contribution in [0.5, 0.6) is 11.5 Å². The molecule has 4 aromatic rings. The van der Waals surface area contributed by atoms with Gasteiger partial charge in [0, 0.05) is 17.1 Å². The summed E-state index contributed by atoms with van der Waals surface area (Å²) in [5.41, 5.74) is 1.88. The van der Waals surface area contributed by atoms with Gasteiger partial charge in [-0.1, -0.05) is 12.1 Å². The summed E-state index contributed by atoms with van der Waals surface area (Å²) in [4.78, 5) is 22.5. The van der Waals surface area contributed by atoms with Gasteiger partial charge in [0.1, 0.15) is 17.1 Å². The van der Waals surface area contributed by atoms with Crippen LogP contribution < -0.4 is 15.5 Å². The number of hydrogen-bond donors (Lipinski definition) is 2. The van der Waals surface area contributed by atoms with Gasteiger partial charge < -0.3 is 19.7 Å². The highest BCUT2D eigenvalue weighted by molar-refractivity contribution is 5.82. The van der Waals surface area contributed by atoms with Crippen LogP contribution in [0.2, 0.25) is 0 Å². The van der Waals surface area contributed by atoms with E-state index in [-0.39, 0.29) is 17.7 Å². The first-order valence-corrected chi connectivity index (χ1v) is 13.5. The van der Waals surface area contributed by atoms with Crippen LogP contribution >= 0.6 is 0 Å². The zero-order valence-electron chi connectivity index (χ0n) is 25.4. The monoisotopic (exact) mass is 600 g/mol. The number of nitrogens with one attached hydrogen (secondary N) is 1. The normalized spacial score (nSPS) is 12.0. The van der Waals surface area contributed by atoms with Crippen LogP contribution in [-0.4, -0.2) is 27.8 Å². The molecule has 10 heteroatoms. The highest BCUT2D eigenvalue weighted by Gasteiger charge is 2.47. The number of aryl methyl sites for hydroxylation is 4. The molecule has 0 unspecified atom stereocenters. The SMILES string of the molecule is CC(C)(NC=O)C(F)(F)F.Cc1ccc2c(=O)c(C)cn(-c3cc(C(C)(C)O)ccc3Oc3c(C)cc(F)cc3C)c2c1. The van der Waals surface area contributed by atoms with Gasteiger partial charge in [0.2, 0.25) is 6.41 Å². The Morgan fingerprint density at radius 3 is 2.00 bits per heavy atom. The number of carbonyl (C=O) groups is 1. The number of hydrogen-bond acceptors (Lipinski definition) is 4. The van der Waals surface area contributed by atoms with E-state index < -0.39 is 17.3 Å². The lowest BCUT2D eigenvalue weighted by Gasteiger charge is -2.26. The average Bonchev–Trinajstić information content (AvgIpc) is 2.87. The number of carbonyl (C=O) groups excluding carboxylic acids is 1. The van der Waals surface area contributed by atoms with Crippen molar-refractivity contribution in [2.24, 2.45) is 0 Å². The summed E-state index contributed by atoms with van der Waals surface area (Å²) < 4.78 is 57.5. The van der Waals surface area contributed by atoms with Crippen LogP contribution in [0.25, 0.3) is 16.6 Å². The Labute approximate surface area is 247 Å². The first-order chi connectivity index (χ1) is 19.8. The molecule has 4 rings (SSSR count). The van der Waals surface area contributed by atoms with Crippen molar-refractivity contribution in [1.29, 1.82) is 0 Å². The summed E-state index contributed by atoms with van der Waals surface area (Å²) in [7, 11) is 0. The van der Waals surface area contributed by atoms with E-state index in [1.54, 1.807) is 52.2 Å². The minimum Gasteiger partial charge on any atom is -0.455 e. The highest BCUT2D eigenvalue weighted by Crippen LogP contribution is 2.37. The smallest absolute Gasteiger partial charge is 0.410 e. The van der Waals surface area contributed by atoms with E-state index >= 15 is 0 Å². The first kappa shape index (κ1) is 33.3. The van der Waals surface area contributed by atoms with E-state index in [1.807, 2.05) is 41.8 Å². The fourth-order valence-electron chi connectivity index (χ4n) is 4.34. The maximum Gasteiger partial charge on any atom is 0.410 e. The van der Waals surface area contributed by atoms with Crippen LogP contribution in [0, 0.1) is 33.5 Å². The lowest BCUT2D eigenvalue weighted by molar-refractivity contribution is -0.186. The lowest BCUT2D eigenvalue weighted by atomic mass is 9.97. The van der Waals surface area contributed by atoms with Gasteiger partial charge in [-0.2, -0.15) is 13.2 Å². The van der Waals surface area contributed by atoms with E-state index in [2.05, 4.69) is 0 Å². The van der Waals surface area contributed by atoms with Crippen molar-refractivity contribution in [1.82, 2.24) is 9.88 Å². The van der Waals surface area contributed by atoms with Gasteiger partial charge in [0.15, 0.2) is 11.2 Å². The third-order valence-electron chi connectivity index (χ3n) is 7.03. The van der Waals surface area contributed by atoms with Crippen LogP contribution in [-0.2, 0) is 10.4 Å². The van der Waals surface area contributed by atoms with Gasteiger partial charge in [-0.15, -0.1) is 0 Å². The first-order valence-electron chi connectivity index (χ1n) is 13.5. The summed E-state index contributed by atoms with van der Waals surface area (Å²) in [6, 6.07) is 14.1. The number of amides is 1. The van der Waals surface area contributed by atoms with Crippen LogP contribution in [0.3, 0.4) is 0 Å². The van der Waals surface area contributed by atoms with Crippen molar-refractivity contribution in [2.75, 3.05) is 0 Å². The largest absolute Gasteiger partial charge is 0.455 e. The molecular formula is C33H36F4N2O4. The molecule has 0 saturated heterocycles. The molecule has 230 valence electrons. The fraction of sp³-hybridized carbons (Fsp3) is 0.333. The molecule has 1 amide bonds. The van der Waals surface area contributed by atoms with Crippen molar-refractivity contribution < 1.29 is 32.2 Å². The molecule has 0 atom stereocenters. The Hall–Kier alpha value is -4.18. The molecule has 0 fully saturated rings. The maximum atomic E-state index is 13.9. The van der Waals surface area contributed by atoms with E-state index in [0.29, 0.717) is 44.8 Å². The molecule has 0 saturated carbocycles. The molecule has 0 aliphatic carbocycles. The molecule has 0 spiro atoms. The highest BCUT2D eigenvalue weighted by atomic mass is 19.4. The lowest BCUT2D eigenvalue weighted by Crippen LogP contribution is -2.51. The van der Waals surface area contributed by atoms with Gasteiger partial charge in [0.25, 0.3) is 0 Å². The number of aromatic nitrogens is 1. The zero-order valence-corrected chi connectivity index (χ0v) is 25.4. The summed E-state index contributed by atoms with van der Waals surface area (Å²) in [5.74, 6) is 0.797. The predicted octanol–water partition coefficient (Wildman–Crippen LogP) is 7.46.